The molecule has 2 aromatic carbocycles. The summed E-state index contributed by atoms with van der Waals surface area (Å²) >= 11 is 6.01. The first-order valence-electron chi connectivity index (χ1n) is 8.24. The first-order valence-corrected chi connectivity index (χ1v) is 8.62. The number of hydrogen-bond acceptors (Lipinski definition) is 3. The van der Waals surface area contributed by atoms with E-state index < -0.39 is 6.10 Å². The maximum absolute atomic E-state index is 10.2. The van der Waals surface area contributed by atoms with Crippen molar-refractivity contribution in [1.82, 2.24) is 5.32 Å². The van der Waals surface area contributed by atoms with Crippen molar-refractivity contribution in [3.63, 3.8) is 0 Å². The van der Waals surface area contributed by atoms with Crippen molar-refractivity contribution in [2.24, 2.45) is 0 Å². The lowest BCUT2D eigenvalue weighted by Crippen LogP contribution is -2.33. The molecule has 24 heavy (non-hydrogen) atoms. The van der Waals surface area contributed by atoms with Crippen LogP contribution in [-0.4, -0.2) is 24.4 Å². The third-order valence-corrected chi connectivity index (χ3v) is 4.44. The number of ether oxygens (including phenoxy) is 1. The topological polar surface area (TPSA) is 41.5 Å². The Bertz CT molecular complexity index is 687. The van der Waals surface area contributed by atoms with Gasteiger partial charge >= 0.3 is 0 Å². The molecule has 0 aliphatic heterocycles. The lowest BCUT2D eigenvalue weighted by molar-refractivity contribution is 0.104. The molecule has 0 aliphatic carbocycles. The Morgan fingerprint density at radius 3 is 2.62 bits per heavy atom. The van der Waals surface area contributed by atoms with Crippen molar-refractivity contribution in [3.05, 3.63) is 63.7 Å². The van der Waals surface area contributed by atoms with Gasteiger partial charge in [-0.2, -0.15) is 0 Å². The monoisotopic (exact) mass is 347 g/mol. The van der Waals surface area contributed by atoms with Gasteiger partial charge in [-0.1, -0.05) is 29.8 Å². The van der Waals surface area contributed by atoms with E-state index in [-0.39, 0.29) is 12.6 Å². The van der Waals surface area contributed by atoms with E-state index in [1.165, 1.54) is 5.56 Å². The third kappa shape index (κ3) is 5.23. The fourth-order valence-corrected chi connectivity index (χ4v) is 2.80. The lowest BCUT2D eigenvalue weighted by Gasteiger charge is -2.19. The van der Waals surface area contributed by atoms with Crippen LogP contribution in [0.5, 0.6) is 5.75 Å². The van der Waals surface area contributed by atoms with Crippen molar-refractivity contribution >= 4 is 11.6 Å². The summed E-state index contributed by atoms with van der Waals surface area (Å²) in [5, 5.41) is 14.2. The van der Waals surface area contributed by atoms with Gasteiger partial charge in [0.2, 0.25) is 0 Å². The predicted molar refractivity (Wildman–Crippen MR) is 100 cm³/mol. The van der Waals surface area contributed by atoms with Crippen molar-refractivity contribution in [2.75, 3.05) is 13.2 Å². The van der Waals surface area contributed by atoms with Crippen LogP contribution in [0.25, 0.3) is 0 Å². The molecule has 2 atom stereocenters. The Labute approximate surface area is 149 Å². The highest BCUT2D eigenvalue weighted by Crippen LogP contribution is 2.23. The molecule has 0 aliphatic rings. The molecule has 0 bridgehead atoms. The van der Waals surface area contributed by atoms with E-state index in [2.05, 4.69) is 18.3 Å². The number of hydrogen-bond donors (Lipinski definition) is 2. The fourth-order valence-electron chi connectivity index (χ4n) is 2.60. The van der Waals surface area contributed by atoms with Crippen LogP contribution >= 0.6 is 11.6 Å². The summed E-state index contributed by atoms with van der Waals surface area (Å²) in [6.07, 6.45) is -0.577. The molecule has 2 N–H and O–H groups in total. The highest BCUT2D eigenvalue weighted by Gasteiger charge is 2.11. The number of aliphatic hydroxyl groups is 1. The van der Waals surface area contributed by atoms with Gasteiger partial charge < -0.3 is 15.2 Å². The SMILES string of the molecule is Cc1cc(C)c(C)c(OCC(O)CNC(C)c2cccc(Cl)c2)c1. The Morgan fingerprint density at radius 1 is 1.17 bits per heavy atom. The standard InChI is InChI=1S/C20H26ClNO2/c1-13-8-14(2)15(3)20(9-13)24-12-19(23)11-22-16(4)17-6-5-7-18(21)10-17/h5-10,16,19,22-23H,11-12H2,1-4H3. The first kappa shape index (κ1) is 18.8. The second-order valence-corrected chi connectivity index (χ2v) is 6.79. The van der Waals surface area contributed by atoms with Crippen LogP contribution < -0.4 is 10.1 Å². The molecule has 2 rings (SSSR count). The summed E-state index contributed by atoms with van der Waals surface area (Å²) < 4.78 is 5.81. The Morgan fingerprint density at radius 2 is 1.92 bits per heavy atom. The molecular weight excluding hydrogens is 322 g/mol. The summed E-state index contributed by atoms with van der Waals surface area (Å²) in [4.78, 5) is 0. The van der Waals surface area contributed by atoms with Crippen LogP contribution in [0, 0.1) is 20.8 Å². The van der Waals surface area contributed by atoms with Crippen LogP contribution in [0.1, 0.15) is 35.2 Å². The number of aryl methyl sites for hydroxylation is 2. The lowest BCUT2D eigenvalue weighted by atomic mass is 10.1. The number of nitrogens with one attached hydrogen (secondary N) is 1. The molecule has 0 fully saturated rings. The van der Waals surface area contributed by atoms with Gasteiger partial charge in [-0.05, 0) is 68.1 Å². The van der Waals surface area contributed by atoms with E-state index >= 15 is 0 Å². The predicted octanol–water partition coefficient (Wildman–Crippen LogP) is 4.36. The van der Waals surface area contributed by atoms with Crippen molar-refractivity contribution < 1.29 is 9.84 Å². The van der Waals surface area contributed by atoms with Gasteiger partial charge in [0.15, 0.2) is 0 Å². The van der Waals surface area contributed by atoms with Gasteiger partial charge in [-0.3, -0.25) is 0 Å². The highest BCUT2D eigenvalue weighted by atomic mass is 35.5. The van der Waals surface area contributed by atoms with Gasteiger partial charge in [-0.15, -0.1) is 0 Å². The zero-order valence-corrected chi connectivity index (χ0v) is 15.5. The molecule has 0 saturated heterocycles. The molecule has 0 spiro atoms. The summed E-state index contributed by atoms with van der Waals surface area (Å²) in [7, 11) is 0. The quantitative estimate of drug-likeness (QED) is 0.782. The average Bonchev–Trinajstić information content (AvgIpc) is 2.54. The number of rotatable bonds is 7. The summed E-state index contributed by atoms with van der Waals surface area (Å²) in [5.41, 5.74) is 4.58. The van der Waals surface area contributed by atoms with E-state index in [1.54, 1.807) is 0 Å². The average molecular weight is 348 g/mol. The third-order valence-electron chi connectivity index (χ3n) is 4.20. The van der Waals surface area contributed by atoms with Gasteiger partial charge in [0.05, 0.1) is 0 Å². The van der Waals surface area contributed by atoms with Gasteiger partial charge in [0.1, 0.15) is 18.5 Å². The second kappa shape index (κ2) is 8.52. The van der Waals surface area contributed by atoms with Crippen LogP contribution in [0.3, 0.4) is 0 Å². The molecule has 0 radical (unpaired) electrons. The number of benzene rings is 2. The minimum Gasteiger partial charge on any atom is -0.491 e. The molecule has 2 unspecified atom stereocenters. The van der Waals surface area contributed by atoms with Crippen LogP contribution in [0.15, 0.2) is 36.4 Å². The molecule has 4 heteroatoms. The van der Waals surface area contributed by atoms with E-state index in [1.807, 2.05) is 51.1 Å². The molecule has 2 aromatic rings. The van der Waals surface area contributed by atoms with E-state index in [9.17, 15) is 5.11 Å². The van der Waals surface area contributed by atoms with E-state index in [0.717, 1.165) is 27.5 Å². The molecule has 0 aromatic heterocycles. The summed E-state index contributed by atoms with van der Waals surface area (Å²) in [6.45, 7) is 8.92. The second-order valence-electron chi connectivity index (χ2n) is 6.35. The van der Waals surface area contributed by atoms with Crippen molar-refractivity contribution in [2.45, 2.75) is 39.8 Å². The summed E-state index contributed by atoms with van der Waals surface area (Å²) in [6, 6.07) is 12.0. The van der Waals surface area contributed by atoms with Crippen LogP contribution in [-0.2, 0) is 0 Å². The molecule has 0 heterocycles. The Balaban J connectivity index is 1.84. The van der Waals surface area contributed by atoms with Gasteiger partial charge in [-0.25, -0.2) is 0 Å². The van der Waals surface area contributed by atoms with Crippen LogP contribution in [0.2, 0.25) is 5.02 Å². The highest BCUT2D eigenvalue weighted by molar-refractivity contribution is 6.30. The molecule has 0 amide bonds. The Kier molecular flexibility index (Phi) is 6.67. The van der Waals surface area contributed by atoms with Crippen molar-refractivity contribution in [3.8, 4) is 5.75 Å². The maximum atomic E-state index is 10.2. The normalized spacial score (nSPS) is 13.6. The molecule has 130 valence electrons. The minimum absolute atomic E-state index is 0.112. The number of aliphatic hydroxyl groups excluding tert-OH is 1. The van der Waals surface area contributed by atoms with Gasteiger partial charge in [0, 0.05) is 17.6 Å². The smallest absolute Gasteiger partial charge is 0.122 e. The van der Waals surface area contributed by atoms with Crippen molar-refractivity contribution in [1.29, 1.82) is 0 Å². The van der Waals surface area contributed by atoms with Crippen LogP contribution in [0.4, 0.5) is 0 Å². The first-order chi connectivity index (χ1) is 11.4. The zero-order valence-electron chi connectivity index (χ0n) is 14.8. The largest absolute Gasteiger partial charge is 0.491 e. The van der Waals surface area contributed by atoms with Gasteiger partial charge in [0.25, 0.3) is 0 Å². The number of halogens is 1. The Hall–Kier alpha value is -1.55. The fraction of sp³-hybridized carbons (Fsp3) is 0.400. The summed E-state index contributed by atoms with van der Waals surface area (Å²) in [5.74, 6) is 0.842. The minimum atomic E-state index is -0.577. The zero-order chi connectivity index (χ0) is 17.7. The molecule has 0 saturated carbocycles. The molecular formula is C20H26ClNO2. The maximum Gasteiger partial charge on any atom is 0.122 e. The molecule has 3 nitrogen and oxygen atoms in total. The van der Waals surface area contributed by atoms with E-state index in [0.29, 0.717) is 6.54 Å². The van der Waals surface area contributed by atoms with E-state index in [4.69, 9.17) is 16.3 Å².